The van der Waals surface area contributed by atoms with Crippen LogP contribution in [0.15, 0.2) is 41.8 Å². The number of nitrogens with two attached hydrogens (primary N) is 1. The summed E-state index contributed by atoms with van der Waals surface area (Å²) in [5.41, 5.74) is 8.88. The summed E-state index contributed by atoms with van der Waals surface area (Å²) in [6, 6.07) is 13.8. The minimum atomic E-state index is 0.288. The Balaban J connectivity index is 2.15. The number of benzene rings is 1. The maximum Gasteiger partial charge on any atom is 0.0473 e. The second-order valence-corrected chi connectivity index (χ2v) is 6.63. The van der Waals surface area contributed by atoms with E-state index in [1.54, 1.807) is 0 Å². The first-order chi connectivity index (χ1) is 10.2. The smallest absolute Gasteiger partial charge is 0.0473 e. The van der Waals surface area contributed by atoms with Crippen molar-refractivity contribution in [1.82, 2.24) is 4.90 Å². The third-order valence-electron chi connectivity index (χ3n) is 4.28. The van der Waals surface area contributed by atoms with Gasteiger partial charge in [-0.15, -0.1) is 11.3 Å². The molecule has 2 unspecified atom stereocenters. The third kappa shape index (κ3) is 3.94. The van der Waals surface area contributed by atoms with Crippen molar-refractivity contribution in [3.8, 4) is 0 Å². The second-order valence-electron chi connectivity index (χ2n) is 5.60. The maximum atomic E-state index is 6.10. The van der Waals surface area contributed by atoms with Gasteiger partial charge in [0.2, 0.25) is 0 Å². The molecule has 21 heavy (non-hydrogen) atoms. The van der Waals surface area contributed by atoms with Crippen molar-refractivity contribution in [2.45, 2.75) is 38.8 Å². The van der Waals surface area contributed by atoms with Crippen LogP contribution in [0.3, 0.4) is 0 Å². The molecule has 0 saturated heterocycles. The molecule has 1 aromatic carbocycles. The van der Waals surface area contributed by atoms with Gasteiger partial charge in [-0.05, 0) is 49.4 Å². The number of nitrogens with zero attached hydrogens (tertiary/aromatic N) is 1. The van der Waals surface area contributed by atoms with Crippen LogP contribution in [0.25, 0.3) is 0 Å². The Morgan fingerprint density at radius 1 is 1.19 bits per heavy atom. The minimum Gasteiger partial charge on any atom is -0.329 e. The van der Waals surface area contributed by atoms with E-state index in [-0.39, 0.29) is 6.04 Å². The molecule has 2 N–H and O–H groups in total. The predicted octanol–water partition coefficient (Wildman–Crippen LogP) is 3.87. The number of hydrogen-bond acceptors (Lipinski definition) is 3. The molecular weight excluding hydrogens is 276 g/mol. The first kappa shape index (κ1) is 16.2. The second kappa shape index (κ2) is 7.74. The van der Waals surface area contributed by atoms with Crippen molar-refractivity contribution in [3.63, 3.8) is 0 Å². The van der Waals surface area contributed by atoms with Crippen LogP contribution in [0.4, 0.5) is 0 Å². The van der Waals surface area contributed by atoms with Crippen LogP contribution in [0.5, 0.6) is 0 Å². The van der Waals surface area contributed by atoms with Crippen molar-refractivity contribution in [2.24, 2.45) is 5.73 Å². The van der Waals surface area contributed by atoms with Gasteiger partial charge in [0, 0.05) is 23.5 Å². The van der Waals surface area contributed by atoms with E-state index in [1.165, 1.54) is 16.0 Å². The first-order valence-electron chi connectivity index (χ1n) is 7.69. The van der Waals surface area contributed by atoms with Crippen LogP contribution in [-0.2, 0) is 12.8 Å². The lowest BCUT2D eigenvalue weighted by Gasteiger charge is -2.33. The van der Waals surface area contributed by atoms with Crippen LogP contribution in [0.1, 0.15) is 35.9 Å². The summed E-state index contributed by atoms with van der Waals surface area (Å²) in [5.74, 6) is 0. The van der Waals surface area contributed by atoms with Gasteiger partial charge in [-0.1, -0.05) is 37.3 Å². The van der Waals surface area contributed by atoms with Gasteiger partial charge in [0.15, 0.2) is 0 Å². The predicted molar refractivity (Wildman–Crippen MR) is 92.9 cm³/mol. The largest absolute Gasteiger partial charge is 0.329 e. The molecule has 2 nitrogen and oxygen atoms in total. The van der Waals surface area contributed by atoms with Gasteiger partial charge < -0.3 is 5.73 Å². The van der Waals surface area contributed by atoms with E-state index in [1.807, 2.05) is 11.3 Å². The zero-order chi connectivity index (χ0) is 15.2. The molecule has 0 aliphatic carbocycles. The summed E-state index contributed by atoms with van der Waals surface area (Å²) in [5, 5.41) is 2.15. The zero-order valence-corrected chi connectivity index (χ0v) is 14.1. The molecule has 114 valence electrons. The molecule has 0 fully saturated rings. The molecule has 1 aromatic heterocycles. The molecule has 1 heterocycles. The Bertz CT molecular complexity index is 536. The topological polar surface area (TPSA) is 29.3 Å². The number of aryl methyl sites for hydroxylation is 1. The van der Waals surface area contributed by atoms with Crippen LogP contribution in [0, 0.1) is 0 Å². The molecule has 2 rings (SSSR count). The van der Waals surface area contributed by atoms with E-state index >= 15 is 0 Å². The normalized spacial score (nSPS) is 14.3. The summed E-state index contributed by atoms with van der Waals surface area (Å²) in [6.07, 6.45) is 2.14. The van der Waals surface area contributed by atoms with Gasteiger partial charge in [-0.2, -0.15) is 0 Å². The van der Waals surface area contributed by atoms with Crippen molar-refractivity contribution in [2.75, 3.05) is 13.6 Å². The quantitative estimate of drug-likeness (QED) is 0.841. The first-order valence-corrected chi connectivity index (χ1v) is 8.57. The number of rotatable bonds is 7. The Morgan fingerprint density at radius 3 is 2.57 bits per heavy atom. The molecule has 0 spiro atoms. The molecule has 0 aliphatic heterocycles. The van der Waals surface area contributed by atoms with Crippen molar-refractivity contribution in [1.29, 1.82) is 0 Å². The fourth-order valence-electron chi connectivity index (χ4n) is 2.86. The average Bonchev–Trinajstić information content (AvgIpc) is 3.01. The van der Waals surface area contributed by atoms with Gasteiger partial charge >= 0.3 is 0 Å². The summed E-state index contributed by atoms with van der Waals surface area (Å²) in [4.78, 5) is 3.86. The van der Waals surface area contributed by atoms with E-state index in [0.29, 0.717) is 12.6 Å². The molecule has 3 heteroatoms. The number of hydrogen-bond donors (Lipinski definition) is 1. The highest BCUT2D eigenvalue weighted by molar-refractivity contribution is 7.09. The molecule has 2 aromatic rings. The van der Waals surface area contributed by atoms with Crippen LogP contribution in [-0.4, -0.2) is 24.5 Å². The Labute approximate surface area is 132 Å². The Kier molecular flexibility index (Phi) is 5.97. The van der Waals surface area contributed by atoms with E-state index in [9.17, 15) is 0 Å². The molecule has 0 bridgehead atoms. The molecule has 2 atom stereocenters. The Hall–Kier alpha value is -1.16. The lowest BCUT2D eigenvalue weighted by Crippen LogP contribution is -2.38. The van der Waals surface area contributed by atoms with Crippen molar-refractivity contribution >= 4 is 11.3 Å². The lowest BCUT2D eigenvalue weighted by atomic mass is 9.96. The monoisotopic (exact) mass is 302 g/mol. The molecule has 0 saturated carbocycles. The van der Waals surface area contributed by atoms with E-state index < -0.39 is 0 Å². The van der Waals surface area contributed by atoms with Crippen LogP contribution < -0.4 is 5.73 Å². The fourth-order valence-corrected chi connectivity index (χ4v) is 3.69. The molecule has 0 radical (unpaired) electrons. The van der Waals surface area contributed by atoms with E-state index in [4.69, 9.17) is 5.73 Å². The van der Waals surface area contributed by atoms with Gasteiger partial charge in [0.1, 0.15) is 0 Å². The number of likely N-dealkylation sites (N-methyl/N-ethyl adjacent to an activating group) is 1. The van der Waals surface area contributed by atoms with Crippen LogP contribution >= 0.6 is 11.3 Å². The van der Waals surface area contributed by atoms with Gasteiger partial charge in [0.25, 0.3) is 0 Å². The van der Waals surface area contributed by atoms with Crippen molar-refractivity contribution < 1.29 is 0 Å². The summed E-state index contributed by atoms with van der Waals surface area (Å²) < 4.78 is 0. The van der Waals surface area contributed by atoms with Gasteiger partial charge in [-0.25, -0.2) is 0 Å². The highest BCUT2D eigenvalue weighted by Gasteiger charge is 2.22. The highest BCUT2D eigenvalue weighted by atomic mass is 32.1. The van der Waals surface area contributed by atoms with Gasteiger partial charge in [0.05, 0.1) is 0 Å². The SMILES string of the molecule is CCc1ccccc1C(CN)N(C)C(C)Cc1cccs1. The number of thiophene rings is 1. The van der Waals surface area contributed by atoms with Crippen LogP contribution in [0.2, 0.25) is 0 Å². The standard InChI is InChI=1S/C18H26N2S/c1-4-15-8-5-6-10-17(15)18(13-19)20(3)14(2)12-16-9-7-11-21-16/h5-11,14,18H,4,12-13,19H2,1-3H3. The summed E-state index contributed by atoms with van der Waals surface area (Å²) in [7, 11) is 2.20. The maximum absolute atomic E-state index is 6.10. The van der Waals surface area contributed by atoms with E-state index in [2.05, 4.69) is 67.6 Å². The molecule has 0 amide bonds. The van der Waals surface area contributed by atoms with Crippen molar-refractivity contribution in [3.05, 3.63) is 57.8 Å². The highest BCUT2D eigenvalue weighted by Crippen LogP contribution is 2.26. The third-order valence-corrected chi connectivity index (χ3v) is 5.18. The Morgan fingerprint density at radius 2 is 1.95 bits per heavy atom. The summed E-state index contributed by atoms with van der Waals surface area (Å²) in [6.45, 7) is 5.15. The lowest BCUT2D eigenvalue weighted by molar-refractivity contribution is 0.188. The average molecular weight is 302 g/mol. The minimum absolute atomic E-state index is 0.288. The summed E-state index contributed by atoms with van der Waals surface area (Å²) >= 11 is 1.83. The van der Waals surface area contributed by atoms with E-state index in [0.717, 1.165) is 12.8 Å². The van der Waals surface area contributed by atoms with Gasteiger partial charge in [-0.3, -0.25) is 4.90 Å². The fraction of sp³-hybridized carbons (Fsp3) is 0.444. The zero-order valence-electron chi connectivity index (χ0n) is 13.3. The molecule has 0 aliphatic rings. The molecular formula is C18H26N2S.